The highest BCUT2D eigenvalue weighted by atomic mass is 32.2. The van der Waals surface area contributed by atoms with E-state index in [1.54, 1.807) is 91.0 Å². The van der Waals surface area contributed by atoms with Crippen molar-refractivity contribution in [1.82, 2.24) is 7.94 Å². The number of hydrogen-bond acceptors (Lipinski definition) is 12. The fourth-order valence-electron chi connectivity index (χ4n) is 8.86. The Labute approximate surface area is 414 Å². The lowest BCUT2D eigenvalue weighted by atomic mass is 9.97. The number of hydrogen-bond donors (Lipinski definition) is 0. The summed E-state index contributed by atoms with van der Waals surface area (Å²) in [6.07, 6.45) is 7.50. The molecule has 6 aromatic carbocycles. The standard InChI is InChI=1S/2C27H21N3O3S2/c1-16-4-8-20(9-5-16)35(32,33)30-11-10-21-25(24(34-3)12-17(2)26(21)30)27(31)23-14-19-7-6-18(15-28)13-22(19)29-23;1-16-4-7-20(8-5-16)35(32,33)30-11-10-21-25(24(34-3)12-17(2)26(21)30)27(31)23-14-19-13-18(15-28)6-9-22(19)29-23/h2*4-13H,14H2,1-3H3. The molecule has 2 aliphatic rings. The molecule has 0 saturated carbocycles. The van der Waals surface area contributed by atoms with Crippen LogP contribution in [0.5, 0.6) is 0 Å². The first-order valence-corrected chi connectivity index (χ1v) is 27.1. The number of nitriles is 2. The van der Waals surface area contributed by atoms with E-state index in [0.717, 1.165) is 43.2 Å². The minimum atomic E-state index is -3.86. The van der Waals surface area contributed by atoms with Crippen molar-refractivity contribution >= 4 is 99.7 Å². The first-order valence-electron chi connectivity index (χ1n) is 21.8. The topological polar surface area (TPSA) is 185 Å². The number of thioether (sulfide) groups is 2. The highest BCUT2D eigenvalue weighted by Crippen LogP contribution is 2.39. The van der Waals surface area contributed by atoms with Gasteiger partial charge in [0, 0.05) is 56.9 Å². The monoisotopic (exact) mass is 998 g/mol. The van der Waals surface area contributed by atoms with Crippen LogP contribution in [-0.2, 0) is 32.9 Å². The molecule has 0 fully saturated rings. The SMILES string of the molecule is CSc1cc(C)c2c(ccn2S(=O)(=O)c2ccc(C)cc2)c1C(=O)C1=Nc2cc(C#N)ccc2C1.CSc1cc(C)c2c(ccn2S(=O)(=O)c2ccc(C)cc2)c1C(=O)C1=Nc2ccc(C#N)cc2C1. The van der Waals surface area contributed by atoms with Gasteiger partial charge in [-0.05, 0) is 141 Å². The maximum Gasteiger partial charge on any atom is 0.268 e. The summed E-state index contributed by atoms with van der Waals surface area (Å²) in [6.45, 7) is 7.50. The van der Waals surface area contributed by atoms with Crippen LogP contribution in [-0.4, -0.2) is 60.3 Å². The van der Waals surface area contributed by atoms with Crippen LogP contribution >= 0.6 is 23.5 Å². The molecule has 0 N–H and O–H groups in total. The molecule has 0 bridgehead atoms. The van der Waals surface area contributed by atoms with Gasteiger partial charge >= 0.3 is 0 Å². The minimum absolute atomic E-state index is 0.186. The Kier molecular flexibility index (Phi) is 12.6. The molecule has 2 aromatic heterocycles. The van der Waals surface area contributed by atoms with Gasteiger partial charge < -0.3 is 0 Å². The second kappa shape index (κ2) is 18.5. The Bertz CT molecular complexity index is 3930. The zero-order chi connectivity index (χ0) is 49.8. The van der Waals surface area contributed by atoms with E-state index < -0.39 is 20.0 Å². The van der Waals surface area contributed by atoms with Crippen molar-refractivity contribution in [1.29, 1.82) is 10.5 Å². The van der Waals surface area contributed by atoms with Gasteiger partial charge in [-0.1, -0.05) is 41.5 Å². The molecule has 0 unspecified atom stereocenters. The van der Waals surface area contributed by atoms with Gasteiger partial charge in [-0.3, -0.25) is 9.59 Å². The molecule has 0 amide bonds. The third-order valence-corrected chi connectivity index (χ3v) is 17.3. The third kappa shape index (κ3) is 8.36. The molecule has 0 aliphatic carbocycles. The third-order valence-electron chi connectivity index (χ3n) is 12.4. The van der Waals surface area contributed by atoms with Gasteiger partial charge in [-0.2, -0.15) is 10.5 Å². The van der Waals surface area contributed by atoms with E-state index in [-0.39, 0.29) is 21.4 Å². The smallest absolute Gasteiger partial charge is 0.268 e. The number of carbonyl (C=O) groups is 2. The fraction of sp³-hybridized carbons (Fsp3) is 0.148. The molecule has 0 radical (unpaired) electrons. The molecular weight excluding hydrogens is 957 g/mol. The highest BCUT2D eigenvalue weighted by molar-refractivity contribution is 7.99. The molecule has 8 aromatic rings. The number of nitrogens with zero attached hydrogens (tertiary/aromatic N) is 6. The number of fused-ring (bicyclic) bond motifs is 4. The Balaban J connectivity index is 0.000000174. The van der Waals surface area contributed by atoms with Gasteiger partial charge in [0.2, 0.25) is 11.6 Å². The van der Waals surface area contributed by atoms with E-state index in [0.29, 0.717) is 79.7 Å². The number of carbonyl (C=O) groups excluding carboxylic acids is 2. The summed E-state index contributed by atoms with van der Waals surface area (Å²) >= 11 is 2.88. The van der Waals surface area contributed by atoms with Crippen LogP contribution < -0.4 is 0 Å². The maximum absolute atomic E-state index is 13.8. The van der Waals surface area contributed by atoms with Gasteiger partial charge in [-0.15, -0.1) is 23.5 Å². The molecule has 348 valence electrons. The molecular formula is C54H42N6O6S4. The molecule has 12 nitrogen and oxygen atoms in total. The predicted octanol–water partition coefficient (Wildman–Crippen LogP) is 11.2. The van der Waals surface area contributed by atoms with E-state index in [4.69, 9.17) is 0 Å². The minimum Gasteiger partial charge on any atom is -0.287 e. The molecule has 10 rings (SSSR count). The number of aromatic nitrogens is 2. The van der Waals surface area contributed by atoms with Gasteiger partial charge in [0.05, 0.1) is 66.9 Å². The van der Waals surface area contributed by atoms with Gasteiger partial charge in [-0.25, -0.2) is 34.8 Å². The zero-order valence-electron chi connectivity index (χ0n) is 38.7. The van der Waals surface area contributed by atoms with E-state index in [1.807, 2.05) is 58.4 Å². The average Bonchev–Trinajstić information content (AvgIpc) is 4.19. The van der Waals surface area contributed by atoms with Gasteiger partial charge in [0.1, 0.15) is 0 Å². The van der Waals surface area contributed by atoms with E-state index >= 15 is 0 Å². The van der Waals surface area contributed by atoms with Crippen LogP contribution in [0.25, 0.3) is 21.8 Å². The summed E-state index contributed by atoms with van der Waals surface area (Å²) in [5.41, 5.74) is 10.1. The van der Waals surface area contributed by atoms with Gasteiger partial charge in [0.15, 0.2) is 0 Å². The Morgan fingerprint density at radius 2 is 0.971 bits per heavy atom. The molecule has 0 spiro atoms. The molecule has 0 atom stereocenters. The highest BCUT2D eigenvalue weighted by Gasteiger charge is 2.31. The van der Waals surface area contributed by atoms with Crippen LogP contribution in [0.1, 0.15) is 65.2 Å². The number of rotatable bonds is 10. The van der Waals surface area contributed by atoms with E-state index in [2.05, 4.69) is 22.1 Å². The van der Waals surface area contributed by atoms with Gasteiger partial charge in [0.25, 0.3) is 20.0 Å². The van der Waals surface area contributed by atoms with Crippen molar-refractivity contribution in [3.63, 3.8) is 0 Å². The summed E-state index contributed by atoms with van der Waals surface area (Å²) in [7, 11) is -7.71. The molecule has 0 saturated heterocycles. The van der Waals surface area contributed by atoms with Crippen LogP contribution in [0, 0.1) is 50.4 Å². The summed E-state index contributed by atoms with van der Waals surface area (Å²) in [5.74, 6) is -0.473. The lowest BCUT2D eigenvalue weighted by Gasteiger charge is -2.14. The van der Waals surface area contributed by atoms with Crippen molar-refractivity contribution in [3.05, 3.63) is 177 Å². The Hall–Kier alpha value is -7.34. The van der Waals surface area contributed by atoms with E-state index in [9.17, 15) is 36.9 Å². The second-order valence-electron chi connectivity index (χ2n) is 17.0. The van der Waals surface area contributed by atoms with Crippen LogP contribution in [0.3, 0.4) is 0 Å². The predicted molar refractivity (Wildman–Crippen MR) is 277 cm³/mol. The first-order chi connectivity index (χ1) is 33.5. The van der Waals surface area contributed by atoms with Crippen LogP contribution in [0.2, 0.25) is 0 Å². The number of aryl methyl sites for hydroxylation is 4. The average molecular weight is 999 g/mol. The molecule has 4 heterocycles. The Morgan fingerprint density at radius 1 is 0.543 bits per heavy atom. The summed E-state index contributed by atoms with van der Waals surface area (Å²) in [5, 5.41) is 19.5. The van der Waals surface area contributed by atoms with E-state index in [1.165, 1.54) is 43.9 Å². The maximum atomic E-state index is 13.8. The fourth-order valence-corrected chi connectivity index (χ4v) is 13.1. The lowest BCUT2D eigenvalue weighted by molar-refractivity contribution is 0.105. The first kappa shape index (κ1) is 47.7. The number of benzene rings is 6. The molecule has 16 heteroatoms. The normalized spacial score (nSPS) is 12.9. The lowest BCUT2D eigenvalue weighted by Crippen LogP contribution is -2.17. The van der Waals surface area contributed by atoms with Crippen LogP contribution in [0.4, 0.5) is 11.4 Å². The number of Topliss-reactive ketones (excluding diaryl/α,β-unsaturated/α-hetero) is 2. The largest absolute Gasteiger partial charge is 0.287 e. The summed E-state index contributed by atoms with van der Waals surface area (Å²) in [6, 6.07) is 35.1. The number of aliphatic imine (C=N–C) groups is 2. The number of ketones is 2. The summed E-state index contributed by atoms with van der Waals surface area (Å²) in [4.78, 5) is 38.5. The van der Waals surface area contributed by atoms with Crippen molar-refractivity contribution in [2.24, 2.45) is 9.98 Å². The van der Waals surface area contributed by atoms with Crippen molar-refractivity contribution in [2.75, 3.05) is 12.5 Å². The van der Waals surface area contributed by atoms with Crippen LogP contribution in [0.15, 0.2) is 151 Å². The molecule has 70 heavy (non-hydrogen) atoms. The van der Waals surface area contributed by atoms with Crippen molar-refractivity contribution in [3.8, 4) is 12.1 Å². The molecule has 2 aliphatic heterocycles. The summed E-state index contributed by atoms with van der Waals surface area (Å²) < 4.78 is 56.5. The zero-order valence-corrected chi connectivity index (χ0v) is 42.0. The Morgan fingerprint density at radius 3 is 1.43 bits per heavy atom. The van der Waals surface area contributed by atoms with Crippen molar-refractivity contribution in [2.45, 2.75) is 60.1 Å². The quantitative estimate of drug-likeness (QED) is 0.0943. The second-order valence-corrected chi connectivity index (χ2v) is 22.3. The van der Waals surface area contributed by atoms with Crippen molar-refractivity contribution < 1.29 is 26.4 Å².